The molecule has 3 heteroatoms. The van der Waals surface area contributed by atoms with E-state index >= 15 is 0 Å². The van der Waals surface area contributed by atoms with Gasteiger partial charge in [-0.3, -0.25) is 4.79 Å². The lowest BCUT2D eigenvalue weighted by molar-refractivity contribution is 0.0723. The summed E-state index contributed by atoms with van der Waals surface area (Å²) in [7, 11) is 1.70. The van der Waals surface area contributed by atoms with Crippen molar-refractivity contribution in [2.24, 2.45) is 0 Å². The van der Waals surface area contributed by atoms with Crippen molar-refractivity contribution in [2.45, 2.75) is 26.4 Å². The van der Waals surface area contributed by atoms with Crippen molar-refractivity contribution in [3.8, 4) is 0 Å². The molecule has 0 spiro atoms. The second-order valence-corrected chi connectivity index (χ2v) is 4.72. The van der Waals surface area contributed by atoms with E-state index < -0.39 is 0 Å². The summed E-state index contributed by atoms with van der Waals surface area (Å²) < 4.78 is 5.29. The Kier molecular flexibility index (Phi) is 3.48. The average molecular weight is 233 g/mol. The number of likely N-dealkylation sites (tertiary alicyclic amines) is 1. The molecule has 1 fully saturated rings. The molecular formula is C14H19NO2. The van der Waals surface area contributed by atoms with Gasteiger partial charge in [0.2, 0.25) is 0 Å². The summed E-state index contributed by atoms with van der Waals surface area (Å²) in [6.45, 7) is 5.50. The number of hydrogen-bond acceptors (Lipinski definition) is 2. The first-order valence-corrected chi connectivity index (χ1v) is 6.01. The van der Waals surface area contributed by atoms with Gasteiger partial charge >= 0.3 is 0 Å². The van der Waals surface area contributed by atoms with Crippen LogP contribution in [0.5, 0.6) is 0 Å². The van der Waals surface area contributed by atoms with Gasteiger partial charge in [0.05, 0.1) is 6.10 Å². The molecule has 1 heterocycles. The van der Waals surface area contributed by atoms with Crippen LogP contribution in [0.4, 0.5) is 0 Å². The summed E-state index contributed by atoms with van der Waals surface area (Å²) in [5, 5.41) is 0. The van der Waals surface area contributed by atoms with Gasteiger partial charge in [0.1, 0.15) is 0 Å². The normalized spacial score (nSPS) is 19.7. The van der Waals surface area contributed by atoms with Gasteiger partial charge in [-0.2, -0.15) is 0 Å². The number of benzene rings is 1. The smallest absolute Gasteiger partial charge is 0.254 e. The van der Waals surface area contributed by atoms with E-state index in [4.69, 9.17) is 4.74 Å². The molecule has 17 heavy (non-hydrogen) atoms. The van der Waals surface area contributed by atoms with Gasteiger partial charge in [-0.15, -0.1) is 0 Å². The standard InChI is InChI=1S/C14H19NO2/c1-10-4-5-11(2)13(8-10)14(16)15-7-6-12(9-15)17-3/h4-5,8,12H,6-7,9H2,1-3H3. The third-order valence-corrected chi connectivity index (χ3v) is 3.39. The zero-order valence-electron chi connectivity index (χ0n) is 10.7. The van der Waals surface area contributed by atoms with Crippen molar-refractivity contribution in [2.75, 3.05) is 20.2 Å². The van der Waals surface area contributed by atoms with Gasteiger partial charge in [-0.25, -0.2) is 0 Å². The van der Waals surface area contributed by atoms with Crippen molar-refractivity contribution >= 4 is 5.91 Å². The van der Waals surface area contributed by atoms with Crippen LogP contribution in [0, 0.1) is 13.8 Å². The Morgan fingerprint density at radius 1 is 1.41 bits per heavy atom. The van der Waals surface area contributed by atoms with Crippen molar-refractivity contribution in [3.63, 3.8) is 0 Å². The second-order valence-electron chi connectivity index (χ2n) is 4.72. The van der Waals surface area contributed by atoms with E-state index in [0.717, 1.165) is 29.7 Å². The maximum atomic E-state index is 12.4. The Balaban J connectivity index is 2.17. The summed E-state index contributed by atoms with van der Waals surface area (Å²) in [6, 6.07) is 6.01. The summed E-state index contributed by atoms with van der Waals surface area (Å²) in [4.78, 5) is 14.2. The maximum Gasteiger partial charge on any atom is 0.254 e. The average Bonchev–Trinajstić information content (AvgIpc) is 2.80. The van der Waals surface area contributed by atoms with E-state index in [0.29, 0.717) is 6.54 Å². The first-order valence-electron chi connectivity index (χ1n) is 6.01. The molecule has 1 aromatic carbocycles. The van der Waals surface area contributed by atoms with Crippen molar-refractivity contribution < 1.29 is 9.53 Å². The number of methoxy groups -OCH3 is 1. The van der Waals surface area contributed by atoms with Gasteiger partial charge in [0.15, 0.2) is 0 Å². The van der Waals surface area contributed by atoms with Crippen LogP contribution in [0.25, 0.3) is 0 Å². The highest BCUT2D eigenvalue weighted by atomic mass is 16.5. The van der Waals surface area contributed by atoms with Gasteiger partial charge in [-0.05, 0) is 31.9 Å². The Morgan fingerprint density at radius 3 is 2.82 bits per heavy atom. The van der Waals surface area contributed by atoms with E-state index in [2.05, 4.69) is 0 Å². The summed E-state index contributed by atoms with van der Waals surface area (Å²) in [6.07, 6.45) is 1.14. The molecule has 0 aliphatic carbocycles. The molecule has 0 saturated carbocycles. The number of carbonyl (C=O) groups excluding carboxylic acids is 1. The fraction of sp³-hybridized carbons (Fsp3) is 0.500. The minimum atomic E-state index is 0.130. The molecule has 0 bridgehead atoms. The van der Waals surface area contributed by atoms with E-state index in [1.807, 2.05) is 36.9 Å². The molecule has 92 valence electrons. The van der Waals surface area contributed by atoms with Gasteiger partial charge in [-0.1, -0.05) is 17.7 Å². The Morgan fingerprint density at radius 2 is 2.18 bits per heavy atom. The fourth-order valence-electron chi connectivity index (χ4n) is 2.24. The minimum Gasteiger partial charge on any atom is -0.380 e. The number of rotatable bonds is 2. The van der Waals surface area contributed by atoms with Crippen LogP contribution in [0.15, 0.2) is 18.2 Å². The highest BCUT2D eigenvalue weighted by Gasteiger charge is 2.27. The predicted molar refractivity (Wildman–Crippen MR) is 67.2 cm³/mol. The fourth-order valence-corrected chi connectivity index (χ4v) is 2.24. The van der Waals surface area contributed by atoms with E-state index in [1.165, 1.54) is 0 Å². The van der Waals surface area contributed by atoms with E-state index in [9.17, 15) is 4.79 Å². The van der Waals surface area contributed by atoms with E-state index in [-0.39, 0.29) is 12.0 Å². The number of hydrogen-bond donors (Lipinski definition) is 0. The van der Waals surface area contributed by atoms with Crippen LogP contribution in [-0.2, 0) is 4.74 Å². The van der Waals surface area contributed by atoms with Crippen LogP contribution >= 0.6 is 0 Å². The van der Waals surface area contributed by atoms with Crippen LogP contribution in [0.2, 0.25) is 0 Å². The molecule has 0 N–H and O–H groups in total. The SMILES string of the molecule is COC1CCN(C(=O)c2cc(C)ccc2C)C1. The number of aryl methyl sites for hydroxylation is 2. The Hall–Kier alpha value is -1.35. The zero-order valence-corrected chi connectivity index (χ0v) is 10.7. The molecule has 2 rings (SSSR count). The molecule has 1 aromatic rings. The Bertz CT molecular complexity index is 428. The monoisotopic (exact) mass is 233 g/mol. The number of amides is 1. The van der Waals surface area contributed by atoms with Crippen LogP contribution < -0.4 is 0 Å². The third-order valence-electron chi connectivity index (χ3n) is 3.39. The Labute approximate surface area is 102 Å². The lowest BCUT2D eigenvalue weighted by Gasteiger charge is -2.17. The molecule has 1 aliphatic rings. The largest absolute Gasteiger partial charge is 0.380 e. The minimum absolute atomic E-state index is 0.130. The quantitative estimate of drug-likeness (QED) is 0.783. The van der Waals surface area contributed by atoms with Crippen molar-refractivity contribution in [1.82, 2.24) is 4.90 Å². The highest BCUT2D eigenvalue weighted by Crippen LogP contribution is 2.18. The van der Waals surface area contributed by atoms with Gasteiger partial charge in [0.25, 0.3) is 5.91 Å². The van der Waals surface area contributed by atoms with Gasteiger partial charge in [0, 0.05) is 25.8 Å². The molecule has 1 saturated heterocycles. The van der Waals surface area contributed by atoms with Gasteiger partial charge < -0.3 is 9.64 Å². The third kappa shape index (κ3) is 2.50. The maximum absolute atomic E-state index is 12.4. The lowest BCUT2D eigenvalue weighted by atomic mass is 10.0. The predicted octanol–water partition coefficient (Wildman–Crippen LogP) is 2.16. The molecule has 3 nitrogen and oxygen atoms in total. The first-order chi connectivity index (χ1) is 8.11. The molecule has 1 aliphatic heterocycles. The summed E-state index contributed by atoms with van der Waals surface area (Å²) >= 11 is 0. The molecule has 1 atom stereocenters. The molecule has 0 radical (unpaired) electrons. The summed E-state index contributed by atoms with van der Waals surface area (Å²) in [5.74, 6) is 0.130. The van der Waals surface area contributed by atoms with Crippen molar-refractivity contribution in [3.05, 3.63) is 34.9 Å². The molecule has 0 aromatic heterocycles. The molecule has 1 unspecified atom stereocenters. The number of nitrogens with zero attached hydrogens (tertiary/aromatic N) is 1. The zero-order chi connectivity index (χ0) is 12.4. The van der Waals surface area contributed by atoms with Crippen LogP contribution in [-0.4, -0.2) is 37.1 Å². The van der Waals surface area contributed by atoms with Crippen LogP contribution in [0.1, 0.15) is 27.9 Å². The lowest BCUT2D eigenvalue weighted by Crippen LogP contribution is -2.30. The number of ether oxygens (including phenoxy) is 1. The topological polar surface area (TPSA) is 29.5 Å². The summed E-state index contributed by atoms with van der Waals surface area (Å²) in [5.41, 5.74) is 2.99. The van der Waals surface area contributed by atoms with E-state index in [1.54, 1.807) is 7.11 Å². The molecule has 1 amide bonds. The van der Waals surface area contributed by atoms with Crippen molar-refractivity contribution in [1.29, 1.82) is 0 Å². The highest BCUT2D eigenvalue weighted by molar-refractivity contribution is 5.96. The first kappa shape index (κ1) is 12.1. The number of carbonyl (C=O) groups is 1. The van der Waals surface area contributed by atoms with Crippen LogP contribution in [0.3, 0.4) is 0 Å². The second kappa shape index (κ2) is 4.88. The molecular weight excluding hydrogens is 214 g/mol.